The van der Waals surface area contributed by atoms with Crippen molar-refractivity contribution in [3.8, 4) is 0 Å². The molecule has 2 atom stereocenters. The fourth-order valence-corrected chi connectivity index (χ4v) is 4.86. The topological polar surface area (TPSA) is 131 Å². The summed E-state index contributed by atoms with van der Waals surface area (Å²) in [5, 5.41) is 12.2. The van der Waals surface area contributed by atoms with Crippen molar-refractivity contribution in [2.24, 2.45) is 0 Å². The van der Waals surface area contributed by atoms with Crippen molar-refractivity contribution in [2.45, 2.75) is 142 Å². The number of ether oxygens (including phenoxy) is 1. The van der Waals surface area contributed by atoms with Gasteiger partial charge in [0.1, 0.15) is 12.7 Å². The zero-order valence-electron chi connectivity index (χ0n) is 24.1. The molecule has 0 aliphatic heterocycles. The average Bonchev–Trinajstić information content (AvgIpc) is 2.88. The lowest BCUT2D eigenvalue weighted by atomic mass is 10.0. The zero-order chi connectivity index (χ0) is 28.3. The number of aliphatic hydroxyl groups excluding tert-OH is 1. The highest BCUT2D eigenvalue weighted by molar-refractivity contribution is 7.47. The second kappa shape index (κ2) is 26.2. The van der Waals surface area contributed by atoms with E-state index >= 15 is 0 Å². The van der Waals surface area contributed by atoms with Crippen molar-refractivity contribution in [2.75, 3.05) is 26.4 Å². The largest absolute Gasteiger partial charge is 0.472 e. The Balaban J connectivity index is 3.41. The Labute approximate surface area is 231 Å². The molecule has 0 aliphatic rings. The maximum Gasteiger partial charge on any atom is 0.472 e. The number of esters is 1. The Morgan fingerprint density at radius 2 is 1.18 bits per heavy atom. The zero-order valence-corrected chi connectivity index (χ0v) is 25.0. The normalized spacial score (nSPS) is 13.7. The number of phosphoric ester groups is 1. The fourth-order valence-electron chi connectivity index (χ4n) is 4.11. The third-order valence-corrected chi connectivity index (χ3v) is 7.33. The van der Waals surface area contributed by atoms with E-state index in [-0.39, 0.29) is 25.7 Å². The van der Waals surface area contributed by atoms with Crippen LogP contribution in [0, 0.1) is 0 Å². The third kappa shape index (κ3) is 28.0. The number of unbranched alkanes of at least 4 members (excludes halogenated alkanes) is 17. The summed E-state index contributed by atoms with van der Waals surface area (Å²) in [6.07, 6.45) is 22.6. The van der Waals surface area contributed by atoms with Crippen LogP contribution in [0.5, 0.6) is 0 Å². The molecule has 0 aromatic carbocycles. The molecular weight excluding hydrogens is 509 g/mol. The van der Waals surface area contributed by atoms with Gasteiger partial charge in [-0.05, 0) is 6.42 Å². The number of hydrogen-bond acceptors (Lipinski definition) is 7. The van der Waals surface area contributed by atoms with Gasteiger partial charge in [-0.2, -0.15) is 0 Å². The number of phosphoric acid groups is 1. The highest BCUT2D eigenvalue weighted by Crippen LogP contribution is 2.42. The van der Waals surface area contributed by atoms with Gasteiger partial charge in [-0.25, -0.2) is 4.57 Å². The lowest BCUT2D eigenvalue weighted by Crippen LogP contribution is -2.27. The summed E-state index contributed by atoms with van der Waals surface area (Å²) >= 11 is 0. The molecule has 0 fully saturated rings. The highest BCUT2D eigenvalue weighted by atomic mass is 31.2. The summed E-state index contributed by atoms with van der Waals surface area (Å²) in [7, 11) is -4.36. The van der Waals surface area contributed by atoms with Crippen molar-refractivity contribution in [1.29, 1.82) is 0 Å². The van der Waals surface area contributed by atoms with Gasteiger partial charge in [0.05, 0.1) is 13.2 Å². The molecule has 2 unspecified atom stereocenters. The van der Waals surface area contributed by atoms with E-state index in [9.17, 15) is 24.2 Å². The van der Waals surface area contributed by atoms with Crippen molar-refractivity contribution in [1.82, 2.24) is 5.32 Å². The van der Waals surface area contributed by atoms with E-state index in [1.807, 2.05) is 0 Å². The second-order valence-electron chi connectivity index (χ2n) is 10.2. The monoisotopic (exact) mass is 565 g/mol. The van der Waals surface area contributed by atoms with Crippen LogP contribution in [0.3, 0.4) is 0 Å². The lowest BCUT2D eigenvalue weighted by Gasteiger charge is -2.15. The van der Waals surface area contributed by atoms with Crippen molar-refractivity contribution in [3.63, 3.8) is 0 Å². The van der Waals surface area contributed by atoms with Gasteiger partial charge in [-0.15, -0.1) is 0 Å². The number of carbonyl (C=O) groups excluding carboxylic acids is 2. The molecule has 0 saturated carbocycles. The Morgan fingerprint density at radius 3 is 1.63 bits per heavy atom. The fraction of sp³-hybridized carbons (Fsp3) is 0.929. The van der Waals surface area contributed by atoms with Gasteiger partial charge in [0.15, 0.2) is 0 Å². The molecule has 0 rings (SSSR count). The number of carbonyl (C=O) groups is 2. The van der Waals surface area contributed by atoms with Gasteiger partial charge in [0.25, 0.3) is 0 Å². The Kier molecular flexibility index (Phi) is 25.6. The van der Waals surface area contributed by atoms with Gasteiger partial charge in [-0.1, -0.05) is 116 Å². The van der Waals surface area contributed by atoms with Crippen molar-refractivity contribution in [3.05, 3.63) is 0 Å². The molecule has 0 bridgehead atoms. The van der Waals surface area contributed by atoms with Gasteiger partial charge in [-0.3, -0.25) is 18.6 Å². The molecular formula is C28H56NO8P. The molecule has 0 spiro atoms. The van der Waals surface area contributed by atoms with E-state index in [1.54, 1.807) is 0 Å². The van der Waals surface area contributed by atoms with E-state index in [0.717, 1.165) is 19.3 Å². The third-order valence-electron chi connectivity index (χ3n) is 6.35. The molecule has 3 N–H and O–H groups in total. The summed E-state index contributed by atoms with van der Waals surface area (Å²) in [5.74, 6) is -0.691. The van der Waals surface area contributed by atoms with Crippen LogP contribution in [0.15, 0.2) is 0 Å². The SMILES string of the molecule is CCCCCCCCCCCCCCCCCCCCC(=O)NCCOP(=O)(O)OCC(O)COC(C)=O. The van der Waals surface area contributed by atoms with Gasteiger partial charge in [0, 0.05) is 19.9 Å². The summed E-state index contributed by atoms with van der Waals surface area (Å²) < 4.78 is 25.7. The van der Waals surface area contributed by atoms with Crippen LogP contribution in [-0.2, 0) is 27.9 Å². The minimum atomic E-state index is -4.36. The predicted molar refractivity (Wildman–Crippen MR) is 151 cm³/mol. The molecule has 0 radical (unpaired) electrons. The molecule has 9 nitrogen and oxygen atoms in total. The van der Waals surface area contributed by atoms with E-state index in [1.165, 1.54) is 103 Å². The van der Waals surface area contributed by atoms with Crippen LogP contribution >= 0.6 is 7.82 Å². The number of amides is 1. The first kappa shape index (κ1) is 37.0. The summed E-state index contributed by atoms with van der Waals surface area (Å²) in [6.45, 7) is 2.48. The molecule has 0 aromatic rings. The number of aliphatic hydroxyl groups is 1. The first-order chi connectivity index (χ1) is 18.3. The first-order valence-electron chi connectivity index (χ1n) is 15.0. The minimum absolute atomic E-state index is 0.0851. The Morgan fingerprint density at radius 1 is 0.737 bits per heavy atom. The van der Waals surface area contributed by atoms with Crippen LogP contribution in [0.2, 0.25) is 0 Å². The molecule has 0 saturated heterocycles. The summed E-state index contributed by atoms with van der Waals surface area (Å²) in [4.78, 5) is 32.1. The average molecular weight is 566 g/mol. The van der Waals surface area contributed by atoms with Crippen LogP contribution in [0.1, 0.15) is 136 Å². The van der Waals surface area contributed by atoms with E-state index < -0.39 is 26.5 Å². The minimum Gasteiger partial charge on any atom is -0.463 e. The Bertz CT molecular complexity index is 620. The second-order valence-corrected chi connectivity index (χ2v) is 11.6. The Hall–Kier alpha value is -0.990. The maximum absolute atomic E-state index is 11.9. The number of rotatable bonds is 28. The predicted octanol–water partition coefficient (Wildman–Crippen LogP) is 6.59. The molecule has 1 amide bonds. The van der Waals surface area contributed by atoms with E-state index in [4.69, 9.17) is 4.52 Å². The van der Waals surface area contributed by atoms with Crippen molar-refractivity contribution < 1.29 is 37.9 Å². The molecule has 226 valence electrons. The van der Waals surface area contributed by atoms with Crippen LogP contribution in [0.4, 0.5) is 0 Å². The van der Waals surface area contributed by atoms with E-state index in [0.29, 0.717) is 6.42 Å². The van der Waals surface area contributed by atoms with E-state index in [2.05, 4.69) is 21.5 Å². The van der Waals surface area contributed by atoms with Crippen molar-refractivity contribution >= 4 is 19.7 Å². The maximum atomic E-state index is 11.9. The van der Waals surface area contributed by atoms with Crippen LogP contribution < -0.4 is 5.32 Å². The summed E-state index contributed by atoms with van der Waals surface area (Å²) in [6, 6.07) is 0. The van der Waals surface area contributed by atoms with Gasteiger partial charge >= 0.3 is 13.8 Å². The summed E-state index contributed by atoms with van der Waals surface area (Å²) in [5.41, 5.74) is 0. The van der Waals surface area contributed by atoms with Crippen LogP contribution in [0.25, 0.3) is 0 Å². The molecule has 0 aromatic heterocycles. The molecule has 0 aliphatic carbocycles. The highest BCUT2D eigenvalue weighted by Gasteiger charge is 2.23. The van der Waals surface area contributed by atoms with Gasteiger partial charge in [0.2, 0.25) is 5.91 Å². The smallest absolute Gasteiger partial charge is 0.463 e. The molecule has 38 heavy (non-hydrogen) atoms. The molecule has 10 heteroatoms. The quantitative estimate of drug-likeness (QED) is 0.0550. The number of hydrogen-bond donors (Lipinski definition) is 3. The van der Waals surface area contributed by atoms with Crippen LogP contribution in [-0.4, -0.2) is 54.3 Å². The molecule has 0 heterocycles. The standard InChI is InChI=1S/C28H56NO8P/c1-3-4-5-6-7-8-9-10-11-12-13-14-15-16-17-18-19-20-21-28(32)29-22-23-36-38(33,34)37-25-27(31)24-35-26(2)30/h27,31H,3-25H2,1-2H3,(H,29,32)(H,33,34). The first-order valence-corrected chi connectivity index (χ1v) is 16.5. The number of nitrogens with one attached hydrogen (secondary N) is 1. The van der Waals surface area contributed by atoms with Gasteiger partial charge < -0.3 is 20.1 Å². The lowest BCUT2D eigenvalue weighted by molar-refractivity contribution is -0.144.